The van der Waals surface area contributed by atoms with Gasteiger partial charge in [-0.05, 0) is 50.2 Å². The Labute approximate surface area is 156 Å². The van der Waals surface area contributed by atoms with Gasteiger partial charge in [-0.25, -0.2) is 4.79 Å². The van der Waals surface area contributed by atoms with Crippen molar-refractivity contribution in [1.29, 1.82) is 0 Å². The molecule has 2 rings (SSSR count). The van der Waals surface area contributed by atoms with E-state index in [1.165, 1.54) is 11.8 Å². The molecule has 0 spiro atoms. The predicted molar refractivity (Wildman–Crippen MR) is 102 cm³/mol. The Kier molecular flexibility index (Phi) is 7.34. The van der Waals surface area contributed by atoms with E-state index in [4.69, 9.17) is 16.3 Å². The van der Waals surface area contributed by atoms with Gasteiger partial charge in [0.2, 0.25) is 5.91 Å². The van der Waals surface area contributed by atoms with Crippen molar-refractivity contribution in [1.82, 2.24) is 0 Å². The van der Waals surface area contributed by atoms with E-state index in [9.17, 15) is 9.59 Å². The van der Waals surface area contributed by atoms with Crippen molar-refractivity contribution in [2.45, 2.75) is 29.4 Å². The fraction of sp³-hybridized carbons (Fsp3) is 0.263. The minimum atomic E-state index is -0.436. The minimum Gasteiger partial charge on any atom is -0.462 e. The van der Waals surface area contributed by atoms with Crippen LogP contribution in [0.15, 0.2) is 59.5 Å². The molecule has 0 unspecified atom stereocenters. The molecule has 25 heavy (non-hydrogen) atoms. The summed E-state index contributed by atoms with van der Waals surface area (Å²) in [4.78, 5) is 25.2. The molecule has 1 N–H and O–H groups in total. The lowest BCUT2D eigenvalue weighted by Crippen LogP contribution is -2.31. The van der Waals surface area contributed by atoms with Gasteiger partial charge in [-0.1, -0.05) is 18.2 Å². The van der Waals surface area contributed by atoms with Gasteiger partial charge in [0.1, 0.15) is 5.25 Å². The van der Waals surface area contributed by atoms with E-state index in [1.54, 1.807) is 38.1 Å². The molecule has 1 amide bonds. The first-order valence-electron chi connectivity index (χ1n) is 7.95. The van der Waals surface area contributed by atoms with E-state index in [0.717, 1.165) is 4.90 Å². The molecule has 0 fully saturated rings. The van der Waals surface area contributed by atoms with Crippen molar-refractivity contribution < 1.29 is 14.3 Å². The highest BCUT2D eigenvalue weighted by Crippen LogP contribution is 2.28. The molecule has 0 bridgehead atoms. The number of rotatable bonds is 7. The molecule has 0 radical (unpaired) electrons. The zero-order valence-corrected chi connectivity index (χ0v) is 15.6. The molecule has 0 aliphatic carbocycles. The second-order valence-corrected chi connectivity index (χ2v) is 7.22. The molecule has 4 nitrogen and oxygen atoms in total. The second kappa shape index (κ2) is 9.49. The number of anilines is 1. The van der Waals surface area contributed by atoms with Gasteiger partial charge < -0.3 is 10.1 Å². The highest BCUT2D eigenvalue weighted by molar-refractivity contribution is 8.00. The van der Waals surface area contributed by atoms with Gasteiger partial charge in [0.25, 0.3) is 0 Å². The number of alkyl halides is 1. The van der Waals surface area contributed by atoms with Crippen molar-refractivity contribution in [3.05, 3.63) is 60.2 Å². The Morgan fingerprint density at radius 2 is 1.76 bits per heavy atom. The lowest BCUT2D eigenvalue weighted by molar-refractivity contribution is -0.115. The number of nitrogens with one attached hydrogen (secondary N) is 1. The highest BCUT2D eigenvalue weighted by atomic mass is 35.5. The van der Waals surface area contributed by atoms with Gasteiger partial charge in [0, 0.05) is 10.6 Å². The summed E-state index contributed by atoms with van der Waals surface area (Å²) in [6.07, 6.45) is 0. The average molecular weight is 378 g/mol. The van der Waals surface area contributed by atoms with E-state index >= 15 is 0 Å². The molecular weight excluding hydrogens is 358 g/mol. The number of hydrogen-bond donors (Lipinski definition) is 1. The first-order chi connectivity index (χ1) is 12.0. The molecule has 132 valence electrons. The molecular formula is C19H20ClNO3S. The zero-order chi connectivity index (χ0) is 18.2. The fourth-order valence-corrected chi connectivity index (χ4v) is 3.35. The fourth-order valence-electron chi connectivity index (χ4n) is 2.12. The van der Waals surface area contributed by atoms with Crippen LogP contribution in [0, 0.1) is 0 Å². The smallest absolute Gasteiger partial charge is 0.338 e. The number of thioether (sulfide) groups is 1. The summed E-state index contributed by atoms with van der Waals surface area (Å²) >= 11 is 7.63. The average Bonchev–Trinajstić information content (AvgIpc) is 2.61. The molecule has 0 saturated carbocycles. The lowest BCUT2D eigenvalue weighted by Gasteiger charge is -2.18. The third-order valence-electron chi connectivity index (χ3n) is 3.35. The number of esters is 1. The van der Waals surface area contributed by atoms with Crippen LogP contribution in [0.1, 0.15) is 24.2 Å². The summed E-state index contributed by atoms with van der Waals surface area (Å²) in [5.74, 6) is -0.562. The molecule has 0 aliphatic heterocycles. The van der Waals surface area contributed by atoms with Gasteiger partial charge in [0.15, 0.2) is 0 Å². The Morgan fingerprint density at radius 1 is 1.12 bits per heavy atom. The number of carbonyl (C=O) groups is 2. The normalized spacial score (nSPS) is 12.9. The van der Waals surface area contributed by atoms with Crippen molar-refractivity contribution in [3.63, 3.8) is 0 Å². The Hall–Kier alpha value is -1.98. The maximum absolute atomic E-state index is 12.6. The quantitative estimate of drug-likeness (QED) is 0.435. The number of hydrogen-bond acceptors (Lipinski definition) is 4. The Bertz CT molecular complexity index is 704. The van der Waals surface area contributed by atoms with Gasteiger partial charge in [-0.2, -0.15) is 0 Å². The number of ether oxygens (including phenoxy) is 1. The summed E-state index contributed by atoms with van der Waals surface area (Å²) in [6, 6.07) is 16.2. The van der Waals surface area contributed by atoms with Gasteiger partial charge in [-0.3, -0.25) is 4.79 Å². The minimum absolute atomic E-state index is 0.180. The largest absolute Gasteiger partial charge is 0.462 e. The second-order valence-electron chi connectivity index (χ2n) is 5.32. The van der Waals surface area contributed by atoms with Gasteiger partial charge in [0.05, 0.1) is 17.5 Å². The van der Waals surface area contributed by atoms with Crippen LogP contribution < -0.4 is 5.32 Å². The Balaban J connectivity index is 2.04. The van der Waals surface area contributed by atoms with Crippen LogP contribution in [0.3, 0.4) is 0 Å². The monoisotopic (exact) mass is 377 g/mol. The number of amides is 1. The molecule has 2 atom stereocenters. The van der Waals surface area contributed by atoms with Crippen molar-refractivity contribution in [3.8, 4) is 0 Å². The van der Waals surface area contributed by atoms with Crippen LogP contribution >= 0.6 is 23.4 Å². The van der Waals surface area contributed by atoms with Crippen LogP contribution in [0.5, 0.6) is 0 Å². The van der Waals surface area contributed by atoms with Crippen LogP contribution in [-0.4, -0.2) is 29.1 Å². The number of benzene rings is 2. The molecule has 2 aromatic carbocycles. The van der Waals surface area contributed by atoms with E-state index in [1.807, 2.05) is 30.3 Å². The van der Waals surface area contributed by atoms with Crippen LogP contribution in [-0.2, 0) is 9.53 Å². The topological polar surface area (TPSA) is 55.4 Å². The van der Waals surface area contributed by atoms with Crippen molar-refractivity contribution in [2.75, 3.05) is 11.9 Å². The molecule has 0 aliphatic rings. The van der Waals surface area contributed by atoms with E-state index < -0.39 is 5.25 Å². The lowest BCUT2D eigenvalue weighted by atomic mass is 10.2. The highest BCUT2D eigenvalue weighted by Gasteiger charge is 2.25. The van der Waals surface area contributed by atoms with Crippen molar-refractivity contribution >= 4 is 40.9 Å². The first-order valence-corrected chi connectivity index (χ1v) is 9.26. The maximum atomic E-state index is 12.6. The van der Waals surface area contributed by atoms with Gasteiger partial charge >= 0.3 is 5.97 Å². The van der Waals surface area contributed by atoms with E-state index in [0.29, 0.717) is 17.9 Å². The summed E-state index contributed by atoms with van der Waals surface area (Å²) in [5, 5.41) is 2.07. The Morgan fingerprint density at radius 3 is 2.32 bits per heavy atom. The summed E-state index contributed by atoms with van der Waals surface area (Å²) in [6.45, 7) is 3.87. The van der Waals surface area contributed by atoms with Crippen molar-refractivity contribution in [2.24, 2.45) is 0 Å². The van der Waals surface area contributed by atoms with E-state index in [-0.39, 0.29) is 17.3 Å². The summed E-state index contributed by atoms with van der Waals surface area (Å²) in [5.41, 5.74) is 1.05. The van der Waals surface area contributed by atoms with Crippen LogP contribution in [0.4, 0.5) is 5.69 Å². The van der Waals surface area contributed by atoms with E-state index in [2.05, 4.69) is 5.32 Å². The maximum Gasteiger partial charge on any atom is 0.338 e. The molecule has 6 heteroatoms. The van der Waals surface area contributed by atoms with Crippen LogP contribution in [0.25, 0.3) is 0 Å². The third kappa shape index (κ3) is 5.80. The predicted octanol–water partition coefficient (Wildman–Crippen LogP) is 4.59. The number of carbonyl (C=O) groups excluding carboxylic acids is 2. The summed E-state index contributed by atoms with van der Waals surface area (Å²) < 4.78 is 4.94. The molecule has 2 aromatic rings. The zero-order valence-electron chi connectivity index (χ0n) is 14.1. The SMILES string of the molecule is CCOC(=O)c1ccc(NC(=O)[C@H](Sc2ccccc2)[C@@H](C)Cl)cc1. The summed E-state index contributed by atoms with van der Waals surface area (Å²) in [7, 11) is 0. The number of halogens is 1. The molecule has 0 aromatic heterocycles. The standard InChI is InChI=1S/C19H20ClNO3S/c1-3-24-19(23)14-9-11-15(12-10-14)21-18(22)17(13(2)20)25-16-7-5-4-6-8-16/h4-13,17H,3H2,1-2H3,(H,21,22)/t13-,17-/m1/s1. The molecule has 0 heterocycles. The third-order valence-corrected chi connectivity index (χ3v) is 5.17. The first kappa shape index (κ1) is 19.3. The van der Waals surface area contributed by atoms with Gasteiger partial charge in [-0.15, -0.1) is 23.4 Å². The van der Waals surface area contributed by atoms with Crippen LogP contribution in [0.2, 0.25) is 0 Å². The molecule has 0 saturated heterocycles.